The molecule has 1 aromatic carbocycles. The van der Waals surface area contributed by atoms with Gasteiger partial charge in [0.05, 0.1) is 7.11 Å². The summed E-state index contributed by atoms with van der Waals surface area (Å²) < 4.78 is 32.9. The van der Waals surface area contributed by atoms with Gasteiger partial charge in [0.25, 0.3) is 10.0 Å². The second kappa shape index (κ2) is 9.34. The topological polar surface area (TPSA) is 84.5 Å². The summed E-state index contributed by atoms with van der Waals surface area (Å²) in [5.41, 5.74) is 2.11. The number of carbonyl (C=O) groups is 1. The Labute approximate surface area is 165 Å². The van der Waals surface area contributed by atoms with Crippen LogP contribution in [-0.4, -0.2) is 34.0 Å². The molecule has 1 heterocycles. The number of amides is 1. The number of methoxy groups -OCH3 is 1. The van der Waals surface area contributed by atoms with Crippen LogP contribution in [0.3, 0.4) is 0 Å². The lowest BCUT2D eigenvalue weighted by molar-refractivity contribution is -0.123. The maximum Gasteiger partial charge on any atom is 0.250 e. The molecular formula is C19H26N2O4S2. The number of ether oxygens (including phenoxy) is 1. The van der Waals surface area contributed by atoms with E-state index in [-0.39, 0.29) is 16.0 Å². The van der Waals surface area contributed by atoms with Crippen LogP contribution < -0.4 is 14.8 Å². The van der Waals surface area contributed by atoms with Crippen LogP contribution in [0.4, 0.5) is 0 Å². The SMILES string of the molecule is COc1ccc(C)cc1CCNC(=O)[C@H](NS(=O)(=O)c1cccs1)C(C)C. The molecule has 0 aliphatic carbocycles. The van der Waals surface area contributed by atoms with Gasteiger partial charge < -0.3 is 10.1 Å². The molecule has 2 rings (SSSR count). The van der Waals surface area contributed by atoms with Crippen LogP contribution in [0.1, 0.15) is 25.0 Å². The molecule has 0 bridgehead atoms. The van der Waals surface area contributed by atoms with Crippen molar-refractivity contribution in [2.45, 2.75) is 37.4 Å². The predicted octanol–water partition coefficient (Wildman–Crippen LogP) is 2.73. The molecule has 0 spiro atoms. The van der Waals surface area contributed by atoms with E-state index in [1.807, 2.05) is 39.0 Å². The van der Waals surface area contributed by atoms with Crippen molar-refractivity contribution in [3.8, 4) is 5.75 Å². The third-order valence-corrected chi connectivity index (χ3v) is 6.96. The van der Waals surface area contributed by atoms with Crippen molar-refractivity contribution in [3.05, 3.63) is 46.8 Å². The monoisotopic (exact) mass is 410 g/mol. The van der Waals surface area contributed by atoms with Gasteiger partial charge in [0.2, 0.25) is 5.91 Å². The van der Waals surface area contributed by atoms with E-state index in [4.69, 9.17) is 4.74 Å². The second-order valence-electron chi connectivity index (χ2n) is 6.63. The van der Waals surface area contributed by atoms with Gasteiger partial charge in [-0.2, -0.15) is 4.72 Å². The lowest BCUT2D eigenvalue weighted by Crippen LogP contribution is -2.49. The second-order valence-corrected chi connectivity index (χ2v) is 9.52. The van der Waals surface area contributed by atoms with Crippen molar-refractivity contribution < 1.29 is 17.9 Å². The Bertz CT molecular complexity index is 862. The smallest absolute Gasteiger partial charge is 0.250 e. The number of benzene rings is 1. The van der Waals surface area contributed by atoms with Gasteiger partial charge in [-0.15, -0.1) is 11.3 Å². The van der Waals surface area contributed by atoms with Crippen LogP contribution in [0, 0.1) is 12.8 Å². The van der Waals surface area contributed by atoms with Gasteiger partial charge in [-0.1, -0.05) is 37.6 Å². The largest absolute Gasteiger partial charge is 0.496 e. The highest BCUT2D eigenvalue weighted by molar-refractivity contribution is 7.91. The van der Waals surface area contributed by atoms with Crippen LogP contribution in [0.15, 0.2) is 39.9 Å². The fourth-order valence-corrected chi connectivity index (χ4v) is 5.02. The van der Waals surface area contributed by atoms with E-state index >= 15 is 0 Å². The van der Waals surface area contributed by atoms with E-state index in [0.717, 1.165) is 28.2 Å². The van der Waals surface area contributed by atoms with E-state index in [0.29, 0.717) is 13.0 Å². The first-order chi connectivity index (χ1) is 12.7. The highest BCUT2D eigenvalue weighted by Gasteiger charge is 2.28. The van der Waals surface area contributed by atoms with E-state index in [2.05, 4.69) is 10.0 Å². The summed E-state index contributed by atoms with van der Waals surface area (Å²) >= 11 is 1.12. The van der Waals surface area contributed by atoms with Gasteiger partial charge in [0.15, 0.2) is 0 Å². The molecule has 0 unspecified atom stereocenters. The average molecular weight is 411 g/mol. The number of hydrogen-bond acceptors (Lipinski definition) is 5. The molecule has 0 radical (unpaired) electrons. The predicted molar refractivity (Wildman–Crippen MR) is 108 cm³/mol. The Kier molecular flexibility index (Phi) is 7.41. The van der Waals surface area contributed by atoms with Gasteiger partial charge in [0, 0.05) is 6.54 Å². The normalized spacial score (nSPS) is 12.8. The van der Waals surface area contributed by atoms with Crippen molar-refractivity contribution in [3.63, 3.8) is 0 Å². The van der Waals surface area contributed by atoms with E-state index in [1.54, 1.807) is 18.6 Å². The highest BCUT2D eigenvalue weighted by Crippen LogP contribution is 2.20. The Hall–Kier alpha value is -1.90. The number of sulfonamides is 1. The molecule has 27 heavy (non-hydrogen) atoms. The number of hydrogen-bond donors (Lipinski definition) is 2. The van der Waals surface area contributed by atoms with Crippen molar-refractivity contribution in [1.82, 2.24) is 10.0 Å². The van der Waals surface area contributed by atoms with Crippen LogP contribution >= 0.6 is 11.3 Å². The third kappa shape index (κ3) is 5.79. The first kappa shape index (κ1) is 21.4. The Balaban J connectivity index is 2.01. The Morgan fingerprint density at radius 1 is 1.26 bits per heavy atom. The highest BCUT2D eigenvalue weighted by atomic mass is 32.2. The minimum atomic E-state index is -3.71. The zero-order chi connectivity index (χ0) is 20.0. The van der Waals surface area contributed by atoms with Crippen LogP contribution in [0.2, 0.25) is 0 Å². The molecule has 0 saturated heterocycles. The lowest BCUT2D eigenvalue weighted by atomic mass is 10.0. The van der Waals surface area contributed by atoms with Crippen molar-refractivity contribution in [1.29, 1.82) is 0 Å². The van der Waals surface area contributed by atoms with Crippen LogP contribution in [0.5, 0.6) is 5.75 Å². The standard InChI is InChI=1S/C19H26N2O4S2/c1-13(2)18(21-27(23,24)17-6-5-11-26-17)19(22)20-10-9-15-12-14(3)7-8-16(15)25-4/h5-8,11-13,18,21H,9-10H2,1-4H3,(H,20,22)/t18-/m1/s1. The molecular weight excluding hydrogens is 384 g/mol. The zero-order valence-electron chi connectivity index (χ0n) is 16.0. The zero-order valence-corrected chi connectivity index (χ0v) is 17.6. The van der Waals surface area contributed by atoms with Gasteiger partial charge in [-0.05, 0) is 42.3 Å². The summed E-state index contributed by atoms with van der Waals surface area (Å²) in [5.74, 6) is 0.249. The maximum atomic E-state index is 12.6. The van der Waals surface area contributed by atoms with Gasteiger partial charge in [0.1, 0.15) is 16.0 Å². The molecule has 0 aliphatic rings. The summed E-state index contributed by atoms with van der Waals surface area (Å²) in [7, 11) is -2.10. The molecule has 0 fully saturated rings. The molecule has 2 N–H and O–H groups in total. The van der Waals surface area contributed by atoms with E-state index in [1.165, 1.54) is 6.07 Å². The minimum Gasteiger partial charge on any atom is -0.496 e. The Morgan fingerprint density at radius 3 is 2.59 bits per heavy atom. The van der Waals surface area contributed by atoms with Crippen molar-refractivity contribution >= 4 is 27.3 Å². The lowest BCUT2D eigenvalue weighted by Gasteiger charge is -2.21. The molecule has 148 valence electrons. The molecule has 1 amide bonds. The van der Waals surface area contributed by atoms with Crippen molar-refractivity contribution in [2.24, 2.45) is 5.92 Å². The number of aryl methyl sites for hydroxylation is 1. The molecule has 1 atom stereocenters. The summed E-state index contributed by atoms with van der Waals surface area (Å²) in [6.45, 7) is 6.01. The van der Waals surface area contributed by atoms with Gasteiger partial charge >= 0.3 is 0 Å². The number of rotatable bonds is 9. The fourth-order valence-electron chi connectivity index (χ4n) is 2.67. The first-order valence-corrected chi connectivity index (χ1v) is 11.1. The number of thiophene rings is 1. The quantitative estimate of drug-likeness (QED) is 0.666. The van der Waals surface area contributed by atoms with E-state index in [9.17, 15) is 13.2 Å². The maximum absolute atomic E-state index is 12.6. The Morgan fingerprint density at radius 2 is 2.00 bits per heavy atom. The van der Waals surface area contributed by atoms with Gasteiger partial charge in [-0.25, -0.2) is 8.42 Å². The molecule has 0 saturated carbocycles. The van der Waals surface area contributed by atoms with Crippen LogP contribution in [0.25, 0.3) is 0 Å². The third-order valence-electron chi connectivity index (χ3n) is 4.12. The molecule has 0 aliphatic heterocycles. The molecule has 1 aromatic heterocycles. The number of carbonyl (C=O) groups excluding carboxylic acids is 1. The average Bonchev–Trinajstić information content (AvgIpc) is 3.15. The van der Waals surface area contributed by atoms with Gasteiger partial charge in [-0.3, -0.25) is 4.79 Å². The minimum absolute atomic E-state index is 0.187. The summed E-state index contributed by atoms with van der Waals surface area (Å²) in [6.07, 6.45) is 0.596. The van der Waals surface area contributed by atoms with E-state index < -0.39 is 16.1 Å². The first-order valence-electron chi connectivity index (χ1n) is 8.71. The number of nitrogens with one attached hydrogen (secondary N) is 2. The summed E-state index contributed by atoms with van der Waals surface area (Å²) in [5, 5.41) is 4.52. The summed E-state index contributed by atoms with van der Waals surface area (Å²) in [6, 6.07) is 8.24. The van der Waals surface area contributed by atoms with Crippen molar-refractivity contribution in [2.75, 3.05) is 13.7 Å². The molecule has 8 heteroatoms. The van der Waals surface area contributed by atoms with Crippen LogP contribution in [-0.2, 0) is 21.2 Å². The fraction of sp³-hybridized carbons (Fsp3) is 0.421. The molecule has 6 nitrogen and oxygen atoms in total. The summed E-state index contributed by atoms with van der Waals surface area (Å²) in [4.78, 5) is 12.6. The molecule has 2 aromatic rings.